The zero-order chi connectivity index (χ0) is 24.1. The summed E-state index contributed by atoms with van der Waals surface area (Å²) >= 11 is 0. The molecule has 32 heavy (non-hydrogen) atoms. The molecule has 0 fully saturated rings. The van der Waals surface area contributed by atoms with Gasteiger partial charge in [0.15, 0.2) is 6.10 Å². The van der Waals surface area contributed by atoms with E-state index >= 15 is 0 Å². The minimum atomic E-state index is -2.39. The van der Waals surface area contributed by atoms with Gasteiger partial charge in [-0.25, -0.2) is 9.59 Å². The van der Waals surface area contributed by atoms with Gasteiger partial charge in [0.25, 0.3) is 5.72 Å². The van der Waals surface area contributed by atoms with Crippen LogP contribution in [-0.2, 0) is 28.6 Å². The van der Waals surface area contributed by atoms with Crippen molar-refractivity contribution in [1.29, 1.82) is 0 Å². The number of esters is 3. The Morgan fingerprint density at radius 3 is 1.44 bits per heavy atom. The number of carbonyl (C=O) groups excluding carboxylic acids is 3. The molecule has 6 N–H and O–H groups in total. The highest BCUT2D eigenvalue weighted by Gasteiger charge is 2.54. The van der Waals surface area contributed by atoms with Crippen LogP contribution in [0.15, 0.2) is 0 Å². The summed E-state index contributed by atoms with van der Waals surface area (Å²) in [7, 11) is 1.10. The predicted molar refractivity (Wildman–Crippen MR) is 128 cm³/mol. The summed E-state index contributed by atoms with van der Waals surface area (Å²) < 4.78 is 15.7. The van der Waals surface area contributed by atoms with Gasteiger partial charge >= 0.3 is 17.9 Å². The molecule has 0 aromatic heterocycles. The van der Waals surface area contributed by atoms with Gasteiger partial charge < -0.3 is 25.7 Å². The van der Waals surface area contributed by atoms with Crippen LogP contribution in [0.4, 0.5) is 0 Å². The Labute approximate surface area is 204 Å². The van der Waals surface area contributed by atoms with Crippen molar-refractivity contribution < 1.29 is 28.6 Å². The van der Waals surface area contributed by atoms with Crippen LogP contribution in [0.2, 0.25) is 0 Å². The third-order valence-corrected chi connectivity index (χ3v) is 4.63. The van der Waals surface area contributed by atoms with Crippen LogP contribution in [0.25, 0.3) is 0 Å². The molecule has 192 valence electrons. The molecule has 9 nitrogen and oxygen atoms in total. The monoisotopic (exact) mass is 503 g/mol. The fourth-order valence-corrected chi connectivity index (χ4v) is 3.48. The van der Waals surface area contributed by atoms with Crippen LogP contribution in [0.5, 0.6) is 0 Å². The van der Waals surface area contributed by atoms with Crippen molar-refractivity contribution in [2.75, 3.05) is 7.11 Å². The van der Waals surface area contributed by atoms with Gasteiger partial charge in [-0.3, -0.25) is 10.5 Å². The quantitative estimate of drug-likeness (QED) is 0.218. The average Bonchev–Trinajstić information content (AvgIpc) is 2.55. The first-order chi connectivity index (χ1) is 13.4. The first-order valence-corrected chi connectivity index (χ1v) is 10.3. The molecule has 4 atom stereocenters. The molecule has 0 aliphatic heterocycles. The predicted octanol–water partition coefficient (Wildman–Crippen LogP) is 2.30. The molecule has 0 radical (unpaired) electrons. The van der Waals surface area contributed by atoms with Crippen molar-refractivity contribution in [3.05, 3.63) is 0 Å². The topological polar surface area (TPSA) is 157 Å². The number of methoxy groups -OCH3 is 1. The fourth-order valence-electron chi connectivity index (χ4n) is 3.48. The van der Waals surface area contributed by atoms with E-state index in [1.165, 1.54) is 13.8 Å². The summed E-state index contributed by atoms with van der Waals surface area (Å²) in [5, 5.41) is 0. The zero-order valence-corrected chi connectivity index (χ0v) is 22.4. The van der Waals surface area contributed by atoms with E-state index in [4.69, 9.17) is 31.4 Å². The zero-order valence-electron chi connectivity index (χ0n) is 20.7. The normalized spacial score (nSPS) is 17.7. The van der Waals surface area contributed by atoms with Crippen molar-refractivity contribution in [2.24, 2.45) is 35.0 Å². The second-order valence-corrected chi connectivity index (χ2v) is 9.78. The van der Waals surface area contributed by atoms with Crippen LogP contribution < -0.4 is 17.2 Å². The molecular formula is C21H43Cl2N3O6. The molecule has 0 aliphatic carbocycles. The highest BCUT2D eigenvalue weighted by atomic mass is 35.5. The lowest BCUT2D eigenvalue weighted by Crippen LogP contribution is -2.66. The lowest BCUT2D eigenvalue weighted by molar-refractivity contribution is -0.210. The maximum Gasteiger partial charge on any atom is 0.370 e. The van der Waals surface area contributed by atoms with Crippen LogP contribution in [0.3, 0.4) is 0 Å². The largest absolute Gasteiger partial charge is 0.465 e. The Morgan fingerprint density at radius 2 is 1.12 bits per heavy atom. The number of hydrogen-bond acceptors (Lipinski definition) is 9. The number of rotatable bonds is 11. The van der Waals surface area contributed by atoms with Gasteiger partial charge in [0.05, 0.1) is 7.11 Å². The Hall–Kier alpha value is -1.13. The molecule has 0 amide bonds. The Bertz CT molecular complexity index is 627. The van der Waals surface area contributed by atoms with E-state index in [9.17, 15) is 14.4 Å². The van der Waals surface area contributed by atoms with E-state index in [0.717, 1.165) is 7.11 Å². The van der Waals surface area contributed by atoms with Crippen molar-refractivity contribution in [3.8, 4) is 0 Å². The molecule has 4 unspecified atom stereocenters. The van der Waals surface area contributed by atoms with E-state index in [1.54, 1.807) is 13.8 Å². The highest BCUT2D eigenvalue weighted by molar-refractivity contribution is 5.88. The standard InChI is InChI=1S/C21H41N3O6.2ClH/c1-12(2)10-19(7,22)16(25)29-15(14(5)6)21(24,18(27)28-9)30-17(26)20(8,23)11-13(3)4;;/h12-15H,10-11,22-24H2,1-9H3;2*1H. The molecule has 0 aromatic carbocycles. The molecule has 0 bridgehead atoms. The molecule has 0 aromatic rings. The van der Waals surface area contributed by atoms with Crippen LogP contribution in [0, 0.1) is 17.8 Å². The average molecular weight is 504 g/mol. The molecule has 11 heteroatoms. The van der Waals surface area contributed by atoms with Crippen molar-refractivity contribution in [2.45, 2.75) is 91.1 Å². The Morgan fingerprint density at radius 1 is 0.750 bits per heavy atom. The van der Waals surface area contributed by atoms with Gasteiger partial charge in [0.1, 0.15) is 11.1 Å². The number of ether oxygens (including phenoxy) is 3. The molecule has 0 aliphatic rings. The van der Waals surface area contributed by atoms with E-state index in [-0.39, 0.29) is 36.6 Å². The SMILES string of the molecule is COC(=O)C(N)(OC(=O)C(C)(N)CC(C)C)C(OC(=O)C(C)(N)CC(C)C)C(C)C.Cl.Cl. The third kappa shape index (κ3) is 9.79. The van der Waals surface area contributed by atoms with Gasteiger partial charge in [0, 0.05) is 0 Å². The van der Waals surface area contributed by atoms with Gasteiger partial charge in [-0.2, -0.15) is 0 Å². The van der Waals surface area contributed by atoms with Gasteiger partial charge in [-0.1, -0.05) is 41.5 Å². The molecule has 0 heterocycles. The van der Waals surface area contributed by atoms with Crippen molar-refractivity contribution in [1.82, 2.24) is 0 Å². The van der Waals surface area contributed by atoms with E-state index < -0.39 is 46.7 Å². The molecule has 0 saturated carbocycles. The molecule has 0 rings (SSSR count). The molecule has 0 saturated heterocycles. The Balaban J connectivity index is -0.00000420. The minimum absolute atomic E-state index is 0. The van der Waals surface area contributed by atoms with Crippen LogP contribution >= 0.6 is 24.8 Å². The van der Waals surface area contributed by atoms with Gasteiger partial charge in [-0.15, -0.1) is 24.8 Å². The van der Waals surface area contributed by atoms with E-state index in [1.807, 2.05) is 27.7 Å². The van der Waals surface area contributed by atoms with Gasteiger partial charge in [-0.05, 0) is 44.4 Å². The lowest BCUT2D eigenvalue weighted by Gasteiger charge is -2.39. The first kappa shape index (κ1) is 35.5. The molecular weight excluding hydrogens is 461 g/mol. The minimum Gasteiger partial charge on any atom is -0.465 e. The van der Waals surface area contributed by atoms with Crippen molar-refractivity contribution >= 4 is 42.7 Å². The van der Waals surface area contributed by atoms with Crippen molar-refractivity contribution in [3.63, 3.8) is 0 Å². The Kier molecular flexibility index (Phi) is 15.0. The maximum atomic E-state index is 12.8. The number of nitrogens with two attached hydrogens (primary N) is 3. The summed E-state index contributed by atoms with van der Waals surface area (Å²) in [6, 6.07) is 0. The summed E-state index contributed by atoms with van der Waals surface area (Å²) in [5.74, 6) is -3.02. The summed E-state index contributed by atoms with van der Waals surface area (Å²) in [6.45, 7) is 14.0. The fraction of sp³-hybridized carbons (Fsp3) is 0.857. The van der Waals surface area contributed by atoms with E-state index in [0.29, 0.717) is 12.8 Å². The first-order valence-electron chi connectivity index (χ1n) is 10.3. The van der Waals surface area contributed by atoms with E-state index in [2.05, 4.69) is 0 Å². The second kappa shape index (κ2) is 13.5. The maximum absolute atomic E-state index is 12.8. The summed E-state index contributed by atoms with van der Waals surface area (Å²) in [6.07, 6.45) is -0.697. The summed E-state index contributed by atoms with van der Waals surface area (Å²) in [4.78, 5) is 38.2. The third-order valence-electron chi connectivity index (χ3n) is 4.63. The highest BCUT2D eigenvalue weighted by Crippen LogP contribution is 2.28. The molecule has 0 spiro atoms. The van der Waals surface area contributed by atoms with Crippen LogP contribution in [0.1, 0.15) is 68.2 Å². The second-order valence-electron chi connectivity index (χ2n) is 9.78. The number of carbonyl (C=O) groups is 3. The van der Waals surface area contributed by atoms with Crippen LogP contribution in [-0.4, -0.2) is 47.9 Å². The van der Waals surface area contributed by atoms with Gasteiger partial charge in [0.2, 0.25) is 0 Å². The number of hydrogen-bond donors (Lipinski definition) is 3. The number of halogens is 2. The summed E-state index contributed by atoms with van der Waals surface area (Å²) in [5.41, 5.74) is 13.3. The smallest absolute Gasteiger partial charge is 0.370 e. The lowest BCUT2D eigenvalue weighted by atomic mass is 9.90.